The van der Waals surface area contributed by atoms with Gasteiger partial charge in [0.25, 0.3) is 0 Å². The van der Waals surface area contributed by atoms with Gasteiger partial charge in [0.1, 0.15) is 7.14 Å². The quantitative estimate of drug-likeness (QED) is 0.599. The molecule has 0 aliphatic rings. The molecule has 0 aliphatic heterocycles. The summed E-state index contributed by atoms with van der Waals surface area (Å²) in [5.41, 5.74) is 2.28. The minimum absolute atomic E-state index is 0.519. The Morgan fingerprint density at radius 1 is 0.783 bits per heavy atom. The van der Waals surface area contributed by atoms with E-state index in [1.54, 1.807) is 0 Å². The van der Waals surface area contributed by atoms with Crippen molar-refractivity contribution in [1.82, 2.24) is 0 Å². The van der Waals surface area contributed by atoms with Crippen molar-refractivity contribution in [1.29, 1.82) is 0 Å². The van der Waals surface area contributed by atoms with Gasteiger partial charge >= 0.3 is 0 Å². The summed E-state index contributed by atoms with van der Waals surface area (Å²) >= 11 is 6.00. The summed E-state index contributed by atoms with van der Waals surface area (Å²) in [6.45, 7) is 2.06. The molecule has 0 saturated heterocycles. The SMILES string of the molecule is Cc1ccccc1C[P@](=O)(c1ccccc1)c1ccc(Cl)cc1. The molecule has 0 aromatic heterocycles. The standard InChI is InChI=1S/C20H18ClOP/c1-16-7-5-6-8-17(16)15-23(22,19-9-3-2-4-10-19)20-13-11-18(21)12-14-20/h2-14H,15H2,1H3/t23-/m0/s1. The van der Waals surface area contributed by atoms with Crippen LogP contribution in [0.4, 0.5) is 0 Å². The second-order valence-electron chi connectivity index (χ2n) is 5.64. The molecule has 3 heteroatoms. The minimum atomic E-state index is -2.75. The molecule has 0 saturated carbocycles. The topological polar surface area (TPSA) is 17.1 Å². The summed E-state index contributed by atoms with van der Waals surface area (Å²) < 4.78 is 14.0. The van der Waals surface area contributed by atoms with Crippen LogP contribution in [0, 0.1) is 6.92 Å². The zero-order chi connectivity index (χ0) is 16.3. The predicted octanol–water partition coefficient (Wildman–Crippen LogP) is 5.16. The summed E-state index contributed by atoms with van der Waals surface area (Å²) in [6.07, 6.45) is 0.519. The van der Waals surface area contributed by atoms with E-state index >= 15 is 0 Å². The average Bonchev–Trinajstić information content (AvgIpc) is 2.58. The van der Waals surface area contributed by atoms with Crippen LogP contribution in [0.1, 0.15) is 11.1 Å². The van der Waals surface area contributed by atoms with E-state index in [1.165, 1.54) is 0 Å². The van der Waals surface area contributed by atoms with Gasteiger partial charge in [0.2, 0.25) is 0 Å². The van der Waals surface area contributed by atoms with E-state index < -0.39 is 7.14 Å². The molecule has 116 valence electrons. The van der Waals surface area contributed by atoms with Gasteiger partial charge in [-0.3, -0.25) is 0 Å². The first-order valence-electron chi connectivity index (χ1n) is 7.55. The van der Waals surface area contributed by atoms with Crippen molar-refractivity contribution in [2.75, 3.05) is 0 Å². The number of benzene rings is 3. The van der Waals surface area contributed by atoms with Crippen LogP contribution in [-0.4, -0.2) is 0 Å². The first-order valence-corrected chi connectivity index (χ1v) is 9.82. The van der Waals surface area contributed by atoms with Crippen molar-refractivity contribution in [3.8, 4) is 0 Å². The van der Waals surface area contributed by atoms with E-state index in [2.05, 4.69) is 19.1 Å². The van der Waals surface area contributed by atoms with Crippen molar-refractivity contribution in [2.24, 2.45) is 0 Å². The molecule has 1 nitrogen and oxygen atoms in total. The van der Waals surface area contributed by atoms with Crippen molar-refractivity contribution < 1.29 is 4.57 Å². The third-order valence-electron chi connectivity index (χ3n) is 4.07. The van der Waals surface area contributed by atoms with Gasteiger partial charge in [-0.05, 0) is 42.3 Å². The molecule has 0 radical (unpaired) electrons. The van der Waals surface area contributed by atoms with Crippen LogP contribution >= 0.6 is 18.7 Å². The maximum Gasteiger partial charge on any atom is 0.147 e. The monoisotopic (exact) mass is 340 g/mol. The first-order chi connectivity index (χ1) is 11.1. The summed E-state index contributed by atoms with van der Waals surface area (Å²) in [5.74, 6) is 0. The van der Waals surface area contributed by atoms with E-state index in [0.717, 1.165) is 21.7 Å². The summed E-state index contributed by atoms with van der Waals surface area (Å²) in [7, 11) is -2.75. The lowest BCUT2D eigenvalue weighted by Gasteiger charge is -2.20. The molecule has 0 unspecified atom stereocenters. The molecule has 0 spiro atoms. The lowest BCUT2D eigenvalue weighted by molar-refractivity contribution is 0.586. The number of hydrogen-bond acceptors (Lipinski definition) is 1. The van der Waals surface area contributed by atoms with E-state index in [0.29, 0.717) is 11.2 Å². The Kier molecular flexibility index (Phi) is 4.71. The van der Waals surface area contributed by atoms with E-state index in [-0.39, 0.29) is 0 Å². The predicted molar refractivity (Wildman–Crippen MR) is 99.7 cm³/mol. The maximum atomic E-state index is 14.0. The zero-order valence-corrected chi connectivity index (χ0v) is 14.6. The van der Waals surface area contributed by atoms with Crippen molar-refractivity contribution in [2.45, 2.75) is 13.1 Å². The highest BCUT2D eigenvalue weighted by atomic mass is 35.5. The largest absolute Gasteiger partial charge is 0.313 e. The van der Waals surface area contributed by atoms with Gasteiger partial charge in [-0.2, -0.15) is 0 Å². The Balaban J connectivity index is 2.13. The maximum absolute atomic E-state index is 14.0. The fourth-order valence-electron chi connectivity index (χ4n) is 2.71. The number of aryl methyl sites for hydroxylation is 1. The molecule has 23 heavy (non-hydrogen) atoms. The van der Waals surface area contributed by atoms with Crippen LogP contribution in [0.5, 0.6) is 0 Å². The Morgan fingerprint density at radius 3 is 2.00 bits per heavy atom. The number of halogens is 1. The van der Waals surface area contributed by atoms with Crippen molar-refractivity contribution in [3.63, 3.8) is 0 Å². The molecular weight excluding hydrogens is 323 g/mol. The Morgan fingerprint density at radius 2 is 1.35 bits per heavy atom. The summed E-state index contributed by atoms with van der Waals surface area (Å²) in [5, 5.41) is 2.38. The fraction of sp³-hybridized carbons (Fsp3) is 0.100. The van der Waals surface area contributed by atoms with Gasteiger partial charge in [-0.15, -0.1) is 0 Å². The molecular formula is C20H18ClOP. The van der Waals surface area contributed by atoms with Gasteiger partial charge in [-0.25, -0.2) is 0 Å². The van der Waals surface area contributed by atoms with E-state index in [9.17, 15) is 4.57 Å². The van der Waals surface area contributed by atoms with E-state index in [1.807, 2.05) is 66.7 Å². The van der Waals surface area contributed by atoms with Gasteiger partial charge in [0.15, 0.2) is 0 Å². The molecule has 0 amide bonds. The average molecular weight is 341 g/mol. The molecule has 0 N–H and O–H groups in total. The number of rotatable bonds is 4. The van der Waals surface area contributed by atoms with Crippen LogP contribution in [0.25, 0.3) is 0 Å². The minimum Gasteiger partial charge on any atom is -0.313 e. The van der Waals surface area contributed by atoms with Crippen LogP contribution < -0.4 is 10.6 Å². The zero-order valence-electron chi connectivity index (χ0n) is 12.9. The first kappa shape index (κ1) is 16.1. The third kappa shape index (κ3) is 3.42. The van der Waals surface area contributed by atoms with Crippen molar-refractivity contribution in [3.05, 3.63) is 95.0 Å². The molecule has 0 bridgehead atoms. The Labute approximate surface area is 142 Å². The molecule has 3 rings (SSSR count). The smallest absolute Gasteiger partial charge is 0.147 e. The van der Waals surface area contributed by atoms with Crippen molar-refractivity contribution >= 4 is 29.4 Å². The number of hydrogen-bond donors (Lipinski definition) is 0. The second kappa shape index (κ2) is 6.74. The molecule has 3 aromatic carbocycles. The van der Waals surface area contributed by atoms with Gasteiger partial charge in [0.05, 0.1) is 0 Å². The molecule has 0 fully saturated rings. The van der Waals surface area contributed by atoms with Gasteiger partial charge < -0.3 is 4.57 Å². The van der Waals surface area contributed by atoms with Crippen LogP contribution in [-0.2, 0) is 10.7 Å². The molecule has 3 aromatic rings. The van der Waals surface area contributed by atoms with Gasteiger partial charge in [0, 0.05) is 21.8 Å². The summed E-state index contributed by atoms with van der Waals surface area (Å²) in [4.78, 5) is 0. The Bertz CT molecular complexity index is 841. The second-order valence-corrected chi connectivity index (χ2v) is 8.90. The highest BCUT2D eigenvalue weighted by molar-refractivity contribution is 7.78. The fourth-order valence-corrected chi connectivity index (χ4v) is 5.62. The van der Waals surface area contributed by atoms with E-state index in [4.69, 9.17) is 11.6 Å². The molecule has 0 heterocycles. The van der Waals surface area contributed by atoms with Crippen LogP contribution in [0.15, 0.2) is 78.9 Å². The van der Waals surface area contributed by atoms with Gasteiger partial charge in [-0.1, -0.05) is 66.2 Å². The normalized spacial score (nSPS) is 13.5. The third-order valence-corrected chi connectivity index (χ3v) is 7.37. The van der Waals surface area contributed by atoms with Crippen LogP contribution in [0.3, 0.4) is 0 Å². The highest BCUT2D eigenvalue weighted by Crippen LogP contribution is 2.47. The van der Waals surface area contributed by atoms with Crippen LogP contribution in [0.2, 0.25) is 5.02 Å². The molecule has 1 atom stereocenters. The lowest BCUT2D eigenvalue weighted by Crippen LogP contribution is -2.17. The molecule has 0 aliphatic carbocycles. The lowest BCUT2D eigenvalue weighted by atomic mass is 10.1. The highest BCUT2D eigenvalue weighted by Gasteiger charge is 2.28. The Hall–Kier alpha value is -1.82. The summed E-state index contributed by atoms with van der Waals surface area (Å²) in [6, 6.07) is 25.2.